The Morgan fingerprint density at radius 2 is 2.35 bits per heavy atom. The summed E-state index contributed by atoms with van der Waals surface area (Å²) in [6.45, 7) is 0.629. The minimum absolute atomic E-state index is 0.0469. The van der Waals surface area contributed by atoms with Crippen LogP contribution in [0.3, 0.4) is 0 Å². The fraction of sp³-hybridized carbons (Fsp3) is 0.636. The van der Waals surface area contributed by atoms with Gasteiger partial charge in [-0.25, -0.2) is 4.68 Å². The molecule has 2 aromatic rings. The van der Waals surface area contributed by atoms with Crippen molar-refractivity contribution in [1.29, 1.82) is 0 Å². The predicted molar refractivity (Wildman–Crippen MR) is 72.2 cm³/mol. The molecule has 0 aliphatic heterocycles. The van der Waals surface area contributed by atoms with Crippen molar-refractivity contribution < 1.29 is 4.79 Å². The minimum atomic E-state index is -0.0469. The van der Waals surface area contributed by atoms with E-state index in [0.29, 0.717) is 30.4 Å². The van der Waals surface area contributed by atoms with Gasteiger partial charge < -0.3 is 5.32 Å². The molecule has 0 bridgehead atoms. The average molecular weight is 293 g/mol. The second-order valence-electron chi connectivity index (χ2n) is 4.80. The van der Waals surface area contributed by atoms with Gasteiger partial charge in [0.25, 0.3) is 0 Å². The van der Waals surface area contributed by atoms with Crippen LogP contribution in [-0.4, -0.2) is 36.3 Å². The van der Waals surface area contributed by atoms with Crippen molar-refractivity contribution in [3.8, 4) is 0 Å². The molecule has 1 aliphatic carbocycles. The fourth-order valence-corrected chi connectivity index (χ4v) is 2.90. The number of aryl methyl sites for hydroxylation is 1. The lowest BCUT2D eigenvalue weighted by Crippen LogP contribution is -2.12. The van der Waals surface area contributed by atoms with Crippen molar-refractivity contribution in [2.45, 2.75) is 44.6 Å². The van der Waals surface area contributed by atoms with Gasteiger partial charge >= 0.3 is 0 Å². The van der Waals surface area contributed by atoms with Crippen LogP contribution in [0.2, 0.25) is 0 Å². The van der Waals surface area contributed by atoms with Crippen LogP contribution >= 0.6 is 11.3 Å². The highest BCUT2D eigenvalue weighted by molar-refractivity contribution is 7.15. The van der Waals surface area contributed by atoms with Crippen molar-refractivity contribution in [3.05, 3.63) is 11.3 Å². The van der Waals surface area contributed by atoms with Gasteiger partial charge in [-0.15, -0.1) is 15.3 Å². The number of hydrogen-bond acceptors (Lipinski definition) is 7. The molecule has 0 atom stereocenters. The summed E-state index contributed by atoms with van der Waals surface area (Å²) in [6, 6.07) is 0. The summed E-state index contributed by atoms with van der Waals surface area (Å²) >= 11 is 1.48. The topological polar surface area (TPSA) is 98.5 Å². The summed E-state index contributed by atoms with van der Waals surface area (Å²) in [6.07, 6.45) is 6.28. The van der Waals surface area contributed by atoms with E-state index in [-0.39, 0.29) is 5.91 Å². The quantitative estimate of drug-likeness (QED) is 0.859. The molecule has 2 aromatic heterocycles. The van der Waals surface area contributed by atoms with Crippen molar-refractivity contribution in [2.75, 3.05) is 5.32 Å². The normalized spacial score (nSPS) is 15.0. The van der Waals surface area contributed by atoms with Gasteiger partial charge in [0.15, 0.2) is 0 Å². The van der Waals surface area contributed by atoms with Crippen LogP contribution in [0.15, 0.2) is 6.33 Å². The Kier molecular flexibility index (Phi) is 3.95. The van der Waals surface area contributed by atoms with Gasteiger partial charge in [0.1, 0.15) is 11.3 Å². The molecular weight excluding hydrogens is 278 g/mol. The third-order valence-corrected chi connectivity index (χ3v) is 4.33. The first-order valence-corrected chi connectivity index (χ1v) is 7.47. The van der Waals surface area contributed by atoms with Crippen LogP contribution in [0, 0.1) is 0 Å². The molecule has 0 radical (unpaired) electrons. The minimum Gasteiger partial charge on any atom is -0.301 e. The molecule has 1 fully saturated rings. The van der Waals surface area contributed by atoms with E-state index in [4.69, 9.17) is 0 Å². The smallest absolute Gasteiger partial charge is 0.226 e. The van der Waals surface area contributed by atoms with Gasteiger partial charge in [-0.2, -0.15) is 0 Å². The first-order valence-electron chi connectivity index (χ1n) is 6.65. The summed E-state index contributed by atoms with van der Waals surface area (Å²) < 4.78 is 1.60. The zero-order valence-corrected chi connectivity index (χ0v) is 11.7. The van der Waals surface area contributed by atoms with Crippen molar-refractivity contribution >= 4 is 22.4 Å². The molecular formula is C11H15N7OS. The van der Waals surface area contributed by atoms with Crippen LogP contribution < -0.4 is 5.32 Å². The highest BCUT2D eigenvalue weighted by Gasteiger charge is 2.23. The van der Waals surface area contributed by atoms with Crippen molar-refractivity contribution in [3.63, 3.8) is 0 Å². The van der Waals surface area contributed by atoms with Gasteiger partial charge in [0.2, 0.25) is 11.0 Å². The maximum atomic E-state index is 11.8. The zero-order chi connectivity index (χ0) is 13.8. The molecule has 1 amide bonds. The van der Waals surface area contributed by atoms with Gasteiger partial charge in [0.05, 0.1) is 0 Å². The second-order valence-corrected chi connectivity index (χ2v) is 5.81. The van der Waals surface area contributed by atoms with E-state index < -0.39 is 0 Å². The summed E-state index contributed by atoms with van der Waals surface area (Å²) in [5.41, 5.74) is 0. The Morgan fingerprint density at radius 3 is 3.05 bits per heavy atom. The number of hydrogen-bond donors (Lipinski definition) is 1. The number of aromatic nitrogens is 6. The van der Waals surface area contributed by atoms with E-state index in [1.54, 1.807) is 4.68 Å². The van der Waals surface area contributed by atoms with Crippen molar-refractivity contribution in [1.82, 2.24) is 30.4 Å². The molecule has 2 heterocycles. The van der Waals surface area contributed by atoms with Crippen LogP contribution in [0.5, 0.6) is 0 Å². The van der Waals surface area contributed by atoms with Crippen molar-refractivity contribution in [2.24, 2.45) is 0 Å². The Labute approximate surface area is 119 Å². The lowest BCUT2D eigenvalue weighted by Gasteiger charge is -2.21. The maximum Gasteiger partial charge on any atom is 0.226 e. The Bertz CT molecular complexity index is 563. The van der Waals surface area contributed by atoms with E-state index in [0.717, 1.165) is 5.01 Å². The van der Waals surface area contributed by atoms with E-state index in [2.05, 4.69) is 31.0 Å². The molecule has 8 nitrogen and oxygen atoms in total. The molecule has 0 saturated heterocycles. The average Bonchev–Trinajstić information content (AvgIpc) is 2.99. The number of anilines is 1. The number of amides is 1. The summed E-state index contributed by atoms with van der Waals surface area (Å²) in [5, 5.41) is 23.4. The number of carbonyl (C=O) groups excluding carboxylic acids is 1. The Balaban J connectivity index is 1.42. The summed E-state index contributed by atoms with van der Waals surface area (Å²) in [7, 11) is 0. The third-order valence-electron chi connectivity index (χ3n) is 3.32. The molecule has 1 N–H and O–H groups in total. The summed E-state index contributed by atoms with van der Waals surface area (Å²) in [4.78, 5) is 11.8. The number of carbonyl (C=O) groups is 1. The maximum absolute atomic E-state index is 11.8. The SMILES string of the molecule is O=C(CCCn1cnnn1)Nc1nnc(C2CCC2)s1. The molecule has 20 heavy (non-hydrogen) atoms. The highest BCUT2D eigenvalue weighted by Crippen LogP contribution is 2.38. The van der Waals surface area contributed by atoms with Crippen LogP contribution in [0.25, 0.3) is 0 Å². The largest absolute Gasteiger partial charge is 0.301 e. The lowest BCUT2D eigenvalue weighted by atomic mass is 9.86. The predicted octanol–water partition coefficient (Wildman–Crippen LogP) is 1.21. The van der Waals surface area contributed by atoms with E-state index >= 15 is 0 Å². The van der Waals surface area contributed by atoms with Crippen LogP contribution in [0.1, 0.15) is 43.0 Å². The van der Waals surface area contributed by atoms with Crippen LogP contribution in [0.4, 0.5) is 5.13 Å². The molecule has 9 heteroatoms. The molecule has 3 rings (SSSR count). The Hall–Kier alpha value is -1.90. The second kappa shape index (κ2) is 6.04. The Morgan fingerprint density at radius 1 is 1.45 bits per heavy atom. The molecule has 0 aromatic carbocycles. The van der Waals surface area contributed by atoms with Gasteiger partial charge in [-0.05, 0) is 29.7 Å². The third kappa shape index (κ3) is 3.16. The fourth-order valence-electron chi connectivity index (χ4n) is 1.97. The van der Waals surface area contributed by atoms with Gasteiger partial charge in [-0.3, -0.25) is 4.79 Å². The van der Waals surface area contributed by atoms with Gasteiger partial charge in [-0.1, -0.05) is 17.8 Å². The van der Waals surface area contributed by atoms with Crippen LogP contribution in [-0.2, 0) is 11.3 Å². The first kappa shape index (κ1) is 13.1. The lowest BCUT2D eigenvalue weighted by molar-refractivity contribution is -0.116. The first-order chi connectivity index (χ1) is 9.81. The number of nitrogens with one attached hydrogen (secondary N) is 1. The van der Waals surface area contributed by atoms with E-state index in [1.165, 1.54) is 36.9 Å². The van der Waals surface area contributed by atoms with Gasteiger partial charge in [0, 0.05) is 18.9 Å². The number of rotatable bonds is 6. The molecule has 0 unspecified atom stereocenters. The monoisotopic (exact) mass is 293 g/mol. The number of nitrogens with zero attached hydrogens (tertiary/aromatic N) is 6. The number of tetrazole rings is 1. The molecule has 0 spiro atoms. The molecule has 106 valence electrons. The highest BCUT2D eigenvalue weighted by atomic mass is 32.1. The van der Waals surface area contributed by atoms with E-state index in [9.17, 15) is 4.79 Å². The zero-order valence-electron chi connectivity index (χ0n) is 10.9. The molecule has 1 aliphatic rings. The molecule has 1 saturated carbocycles. The van der Waals surface area contributed by atoms with E-state index in [1.807, 2.05) is 0 Å². The summed E-state index contributed by atoms with van der Waals surface area (Å²) in [5.74, 6) is 0.507. The standard InChI is InChI=1S/C11H15N7OS/c19-9(5-2-6-18-7-12-16-17-18)13-11-15-14-10(20-11)8-3-1-4-8/h7-8H,1-6H2,(H,13,15,19).